The Balaban J connectivity index is 1.34. The predicted octanol–water partition coefficient (Wildman–Crippen LogP) is 2.91. The van der Waals surface area contributed by atoms with Gasteiger partial charge in [0.2, 0.25) is 5.91 Å². The van der Waals surface area contributed by atoms with E-state index in [1.165, 1.54) is 24.3 Å². The first-order valence-electron chi connectivity index (χ1n) is 9.53. The number of carbonyl (C=O) groups is 1. The smallest absolute Gasteiger partial charge is 0.387 e. The highest BCUT2D eigenvalue weighted by molar-refractivity contribution is 5.78. The van der Waals surface area contributed by atoms with Crippen molar-refractivity contribution < 1.29 is 22.7 Å². The molecule has 1 saturated heterocycles. The third-order valence-corrected chi connectivity index (χ3v) is 4.82. The number of halogens is 3. The minimum absolute atomic E-state index is 0.0436. The Labute approximate surface area is 168 Å². The van der Waals surface area contributed by atoms with Crippen LogP contribution in [0.15, 0.2) is 48.5 Å². The molecule has 0 saturated carbocycles. The molecule has 0 spiro atoms. The zero-order valence-electron chi connectivity index (χ0n) is 16.0. The van der Waals surface area contributed by atoms with Crippen molar-refractivity contribution in [1.82, 2.24) is 10.2 Å². The van der Waals surface area contributed by atoms with Crippen LogP contribution in [0, 0.1) is 5.82 Å². The second-order valence-electron chi connectivity index (χ2n) is 6.86. The molecule has 2 aromatic carbocycles. The predicted molar refractivity (Wildman–Crippen MR) is 105 cm³/mol. The summed E-state index contributed by atoms with van der Waals surface area (Å²) < 4.78 is 41.6. The van der Waals surface area contributed by atoms with Crippen LogP contribution in [0.2, 0.25) is 0 Å². The summed E-state index contributed by atoms with van der Waals surface area (Å²) in [6, 6.07) is 12.8. The molecule has 0 unspecified atom stereocenters. The third kappa shape index (κ3) is 6.67. The van der Waals surface area contributed by atoms with Crippen molar-refractivity contribution in [2.45, 2.75) is 13.0 Å². The molecule has 156 valence electrons. The van der Waals surface area contributed by atoms with Crippen LogP contribution in [0.3, 0.4) is 0 Å². The summed E-state index contributed by atoms with van der Waals surface area (Å²) in [6.07, 6.45) is 0.610. The van der Waals surface area contributed by atoms with Crippen LogP contribution in [0.25, 0.3) is 0 Å². The van der Waals surface area contributed by atoms with E-state index in [1.54, 1.807) is 24.3 Å². The van der Waals surface area contributed by atoms with E-state index in [1.807, 2.05) is 0 Å². The number of hydrogen-bond donors (Lipinski definition) is 1. The summed E-state index contributed by atoms with van der Waals surface area (Å²) in [4.78, 5) is 16.4. The molecular weight excluding hydrogens is 383 g/mol. The van der Waals surface area contributed by atoms with Crippen molar-refractivity contribution in [3.63, 3.8) is 0 Å². The van der Waals surface area contributed by atoms with Crippen molar-refractivity contribution in [2.24, 2.45) is 0 Å². The molecule has 1 amide bonds. The SMILES string of the molecule is O=C(CN1CCN(c2ccc(F)cc2)CC1)NCCc1ccc(OC(F)F)cc1. The lowest BCUT2D eigenvalue weighted by Gasteiger charge is -2.35. The number of alkyl halides is 2. The number of piperazine rings is 1. The maximum absolute atomic E-state index is 13.0. The van der Waals surface area contributed by atoms with Gasteiger partial charge in [0.15, 0.2) is 0 Å². The van der Waals surface area contributed by atoms with Gasteiger partial charge < -0.3 is 15.0 Å². The molecule has 1 fully saturated rings. The van der Waals surface area contributed by atoms with E-state index < -0.39 is 6.61 Å². The van der Waals surface area contributed by atoms with Crippen LogP contribution in [0.1, 0.15) is 5.56 Å². The van der Waals surface area contributed by atoms with Crippen LogP contribution in [0.5, 0.6) is 5.75 Å². The molecule has 0 aliphatic carbocycles. The Kier molecular flexibility index (Phi) is 7.35. The van der Waals surface area contributed by atoms with E-state index in [2.05, 4.69) is 19.9 Å². The zero-order valence-corrected chi connectivity index (χ0v) is 16.0. The van der Waals surface area contributed by atoms with Crippen molar-refractivity contribution >= 4 is 11.6 Å². The van der Waals surface area contributed by atoms with E-state index in [-0.39, 0.29) is 17.5 Å². The Hall–Kier alpha value is -2.74. The van der Waals surface area contributed by atoms with Gasteiger partial charge in [0, 0.05) is 38.4 Å². The van der Waals surface area contributed by atoms with E-state index in [0.717, 1.165) is 37.4 Å². The lowest BCUT2D eigenvalue weighted by molar-refractivity contribution is -0.122. The molecule has 0 radical (unpaired) electrons. The standard InChI is InChI=1S/C21H24F3N3O2/c22-17-3-5-18(6-4-17)27-13-11-26(12-14-27)15-20(28)25-10-9-16-1-7-19(8-2-16)29-21(23)24/h1-8,21H,9-15H2,(H,25,28). The second-order valence-corrected chi connectivity index (χ2v) is 6.86. The summed E-state index contributed by atoms with van der Waals surface area (Å²) in [6.45, 7) is 1.06. The molecule has 0 bridgehead atoms. The van der Waals surface area contributed by atoms with Crippen LogP contribution >= 0.6 is 0 Å². The van der Waals surface area contributed by atoms with Gasteiger partial charge in [-0.05, 0) is 48.4 Å². The number of ether oxygens (including phenoxy) is 1. The molecule has 0 atom stereocenters. The average molecular weight is 407 g/mol. The summed E-state index contributed by atoms with van der Waals surface area (Å²) in [7, 11) is 0. The van der Waals surface area contributed by atoms with Gasteiger partial charge in [0.25, 0.3) is 0 Å². The molecule has 1 heterocycles. The normalized spacial score (nSPS) is 14.8. The van der Waals surface area contributed by atoms with Gasteiger partial charge in [-0.25, -0.2) is 4.39 Å². The maximum Gasteiger partial charge on any atom is 0.387 e. The number of anilines is 1. The van der Waals surface area contributed by atoms with Gasteiger partial charge in [-0.2, -0.15) is 8.78 Å². The lowest BCUT2D eigenvalue weighted by Crippen LogP contribution is -2.49. The quantitative estimate of drug-likeness (QED) is 0.731. The molecule has 8 heteroatoms. The van der Waals surface area contributed by atoms with Crippen molar-refractivity contribution in [1.29, 1.82) is 0 Å². The number of nitrogens with one attached hydrogen (secondary N) is 1. The molecule has 2 aromatic rings. The van der Waals surface area contributed by atoms with Gasteiger partial charge in [0.05, 0.1) is 6.54 Å². The van der Waals surface area contributed by atoms with Gasteiger partial charge >= 0.3 is 6.61 Å². The molecule has 1 aliphatic rings. The fourth-order valence-corrected chi connectivity index (χ4v) is 3.26. The van der Waals surface area contributed by atoms with Crippen LogP contribution < -0.4 is 15.0 Å². The Bertz CT molecular complexity index is 777. The summed E-state index contributed by atoms with van der Waals surface area (Å²) in [5.74, 6) is -0.174. The molecule has 0 aromatic heterocycles. The Morgan fingerprint density at radius 3 is 2.28 bits per heavy atom. The molecule has 29 heavy (non-hydrogen) atoms. The average Bonchev–Trinajstić information content (AvgIpc) is 2.70. The van der Waals surface area contributed by atoms with Crippen LogP contribution in [0.4, 0.5) is 18.9 Å². The number of amides is 1. The summed E-state index contributed by atoms with van der Waals surface area (Å²) in [5.41, 5.74) is 1.92. The van der Waals surface area contributed by atoms with Gasteiger partial charge in [0.1, 0.15) is 11.6 Å². The molecular formula is C21H24F3N3O2. The monoisotopic (exact) mass is 407 g/mol. The summed E-state index contributed by atoms with van der Waals surface area (Å²) >= 11 is 0. The fraction of sp³-hybridized carbons (Fsp3) is 0.381. The highest BCUT2D eigenvalue weighted by Gasteiger charge is 2.19. The minimum Gasteiger partial charge on any atom is -0.435 e. The van der Waals surface area contributed by atoms with Crippen molar-refractivity contribution in [3.05, 3.63) is 59.9 Å². The fourth-order valence-electron chi connectivity index (χ4n) is 3.26. The van der Waals surface area contributed by atoms with E-state index in [0.29, 0.717) is 19.5 Å². The lowest BCUT2D eigenvalue weighted by atomic mass is 10.1. The largest absolute Gasteiger partial charge is 0.435 e. The first-order chi connectivity index (χ1) is 14.0. The number of carbonyl (C=O) groups excluding carboxylic acids is 1. The first-order valence-corrected chi connectivity index (χ1v) is 9.53. The highest BCUT2D eigenvalue weighted by Crippen LogP contribution is 2.17. The van der Waals surface area contributed by atoms with E-state index in [9.17, 15) is 18.0 Å². The van der Waals surface area contributed by atoms with E-state index >= 15 is 0 Å². The molecule has 1 aliphatic heterocycles. The Morgan fingerprint density at radius 2 is 1.66 bits per heavy atom. The summed E-state index contributed by atoms with van der Waals surface area (Å²) in [5, 5.41) is 2.89. The van der Waals surface area contributed by atoms with Gasteiger partial charge in [-0.15, -0.1) is 0 Å². The topological polar surface area (TPSA) is 44.8 Å². The molecule has 5 nitrogen and oxygen atoms in total. The van der Waals surface area contributed by atoms with E-state index in [4.69, 9.17) is 0 Å². The minimum atomic E-state index is -2.84. The zero-order chi connectivity index (χ0) is 20.6. The Morgan fingerprint density at radius 1 is 1.00 bits per heavy atom. The van der Waals surface area contributed by atoms with Gasteiger partial charge in [-0.3, -0.25) is 9.69 Å². The van der Waals surface area contributed by atoms with Crippen LogP contribution in [-0.2, 0) is 11.2 Å². The maximum atomic E-state index is 13.0. The first kappa shape index (κ1) is 21.0. The third-order valence-electron chi connectivity index (χ3n) is 4.82. The second kappa shape index (κ2) is 10.2. The van der Waals surface area contributed by atoms with Crippen molar-refractivity contribution in [3.8, 4) is 5.75 Å². The molecule has 3 rings (SSSR count). The molecule has 1 N–H and O–H groups in total. The number of rotatable bonds is 8. The number of benzene rings is 2. The van der Waals surface area contributed by atoms with Crippen molar-refractivity contribution in [2.75, 3.05) is 44.2 Å². The van der Waals surface area contributed by atoms with Crippen LogP contribution in [-0.4, -0.2) is 56.7 Å². The highest BCUT2D eigenvalue weighted by atomic mass is 19.3. The number of nitrogens with zero attached hydrogens (tertiary/aromatic N) is 2. The van der Waals surface area contributed by atoms with Gasteiger partial charge in [-0.1, -0.05) is 12.1 Å². The number of hydrogen-bond acceptors (Lipinski definition) is 4.